The summed E-state index contributed by atoms with van der Waals surface area (Å²) in [7, 11) is 2.19. The maximum atomic E-state index is 3.37. The van der Waals surface area contributed by atoms with Crippen LogP contribution in [0.2, 0.25) is 0 Å². The molecule has 0 bridgehead atoms. The second-order valence-electron chi connectivity index (χ2n) is 4.09. The van der Waals surface area contributed by atoms with Gasteiger partial charge < -0.3 is 10.2 Å². The second-order valence-corrected chi connectivity index (χ2v) is 4.09. The van der Waals surface area contributed by atoms with Crippen LogP contribution in [0.25, 0.3) is 0 Å². The zero-order valence-corrected chi connectivity index (χ0v) is 7.98. The Labute approximate surface area is 70.0 Å². The van der Waals surface area contributed by atoms with Gasteiger partial charge in [0.15, 0.2) is 0 Å². The van der Waals surface area contributed by atoms with E-state index in [1.54, 1.807) is 0 Å². The van der Waals surface area contributed by atoms with E-state index in [2.05, 4.69) is 31.1 Å². The van der Waals surface area contributed by atoms with E-state index < -0.39 is 0 Å². The van der Waals surface area contributed by atoms with Gasteiger partial charge in [-0.3, -0.25) is 0 Å². The van der Waals surface area contributed by atoms with E-state index in [4.69, 9.17) is 0 Å². The first-order valence-electron chi connectivity index (χ1n) is 4.55. The Balaban J connectivity index is 2.07. The molecule has 0 aromatic rings. The number of rotatable bonds is 4. The van der Waals surface area contributed by atoms with Gasteiger partial charge in [0.05, 0.1) is 0 Å². The number of hydrogen-bond donors (Lipinski definition) is 1. The summed E-state index contributed by atoms with van der Waals surface area (Å²) in [6, 6.07) is 0. The minimum Gasteiger partial charge on any atom is -0.317 e. The monoisotopic (exact) mass is 156 g/mol. The molecule has 0 aliphatic carbocycles. The highest BCUT2D eigenvalue weighted by Gasteiger charge is 2.35. The third-order valence-electron chi connectivity index (χ3n) is 2.46. The first kappa shape index (κ1) is 9.01. The smallest absolute Gasteiger partial charge is 0.00452 e. The summed E-state index contributed by atoms with van der Waals surface area (Å²) in [5.41, 5.74) is 0.608. The summed E-state index contributed by atoms with van der Waals surface area (Å²) in [4.78, 5) is 2.38. The standard InChI is InChI=1S/C9H20N2/c1-4-10-6-5-9(2)7-11(3)8-9/h10H,4-8H2,1-3H3. The Hall–Kier alpha value is -0.0800. The van der Waals surface area contributed by atoms with E-state index in [0.29, 0.717) is 5.41 Å². The van der Waals surface area contributed by atoms with Gasteiger partial charge in [-0.1, -0.05) is 13.8 Å². The van der Waals surface area contributed by atoms with Crippen LogP contribution in [-0.4, -0.2) is 38.1 Å². The van der Waals surface area contributed by atoms with Crippen LogP contribution in [0.1, 0.15) is 20.3 Å². The molecule has 0 unspecified atom stereocenters. The molecule has 1 rings (SSSR count). The zero-order chi connectivity index (χ0) is 8.32. The van der Waals surface area contributed by atoms with Gasteiger partial charge in [-0.15, -0.1) is 0 Å². The number of likely N-dealkylation sites (tertiary alicyclic amines) is 1. The molecule has 0 radical (unpaired) electrons. The molecular weight excluding hydrogens is 136 g/mol. The highest BCUT2D eigenvalue weighted by molar-refractivity contribution is 4.89. The Morgan fingerprint density at radius 2 is 2.09 bits per heavy atom. The summed E-state index contributed by atoms with van der Waals surface area (Å²) < 4.78 is 0. The van der Waals surface area contributed by atoms with Crippen molar-refractivity contribution < 1.29 is 0 Å². The van der Waals surface area contributed by atoms with Crippen LogP contribution in [0.5, 0.6) is 0 Å². The van der Waals surface area contributed by atoms with E-state index in [-0.39, 0.29) is 0 Å². The highest BCUT2D eigenvalue weighted by Crippen LogP contribution is 2.31. The molecule has 2 nitrogen and oxygen atoms in total. The Kier molecular flexibility index (Phi) is 2.90. The van der Waals surface area contributed by atoms with Crippen molar-refractivity contribution >= 4 is 0 Å². The molecule has 1 aliphatic rings. The van der Waals surface area contributed by atoms with Crippen LogP contribution in [-0.2, 0) is 0 Å². The molecule has 1 heterocycles. The molecule has 0 aromatic carbocycles. The fraction of sp³-hybridized carbons (Fsp3) is 1.00. The number of nitrogens with zero attached hydrogens (tertiary/aromatic N) is 1. The van der Waals surface area contributed by atoms with Gasteiger partial charge in [0.1, 0.15) is 0 Å². The minimum atomic E-state index is 0.608. The van der Waals surface area contributed by atoms with Crippen molar-refractivity contribution in [2.45, 2.75) is 20.3 Å². The van der Waals surface area contributed by atoms with Crippen LogP contribution < -0.4 is 5.32 Å². The molecule has 1 saturated heterocycles. The molecule has 2 heteroatoms. The third-order valence-corrected chi connectivity index (χ3v) is 2.46. The van der Waals surface area contributed by atoms with Gasteiger partial charge in [0.2, 0.25) is 0 Å². The van der Waals surface area contributed by atoms with Crippen LogP contribution in [0, 0.1) is 5.41 Å². The molecular formula is C9H20N2. The minimum absolute atomic E-state index is 0.608. The lowest BCUT2D eigenvalue weighted by Gasteiger charge is -2.46. The van der Waals surface area contributed by atoms with E-state index in [1.165, 1.54) is 26.1 Å². The molecule has 0 atom stereocenters. The summed E-state index contributed by atoms with van der Waals surface area (Å²) in [5, 5.41) is 3.37. The predicted octanol–water partition coefficient (Wildman–Crippen LogP) is 0.938. The molecule has 0 spiro atoms. The maximum Gasteiger partial charge on any atom is 0.00452 e. The van der Waals surface area contributed by atoms with Gasteiger partial charge in [-0.2, -0.15) is 0 Å². The van der Waals surface area contributed by atoms with Crippen molar-refractivity contribution in [3.8, 4) is 0 Å². The normalized spacial score (nSPS) is 23.2. The van der Waals surface area contributed by atoms with Crippen molar-refractivity contribution in [3.63, 3.8) is 0 Å². The molecule has 0 aromatic heterocycles. The highest BCUT2D eigenvalue weighted by atomic mass is 15.2. The quantitative estimate of drug-likeness (QED) is 0.609. The van der Waals surface area contributed by atoms with Crippen molar-refractivity contribution in [3.05, 3.63) is 0 Å². The lowest BCUT2D eigenvalue weighted by Crippen LogP contribution is -2.53. The summed E-state index contributed by atoms with van der Waals surface area (Å²) in [6.45, 7) is 9.38. The first-order valence-corrected chi connectivity index (χ1v) is 4.55. The molecule has 0 saturated carbocycles. The second kappa shape index (κ2) is 3.55. The molecule has 11 heavy (non-hydrogen) atoms. The van der Waals surface area contributed by atoms with Gasteiger partial charge in [-0.25, -0.2) is 0 Å². The van der Waals surface area contributed by atoms with Crippen molar-refractivity contribution in [2.75, 3.05) is 33.2 Å². The molecule has 1 N–H and O–H groups in total. The van der Waals surface area contributed by atoms with Crippen molar-refractivity contribution in [1.29, 1.82) is 0 Å². The Morgan fingerprint density at radius 1 is 1.45 bits per heavy atom. The molecule has 1 aliphatic heterocycles. The summed E-state index contributed by atoms with van der Waals surface area (Å²) >= 11 is 0. The third kappa shape index (κ3) is 2.46. The average molecular weight is 156 g/mol. The number of nitrogens with one attached hydrogen (secondary N) is 1. The lowest BCUT2D eigenvalue weighted by molar-refractivity contribution is 0.0322. The van der Waals surface area contributed by atoms with Crippen LogP contribution >= 0.6 is 0 Å². The van der Waals surface area contributed by atoms with E-state index >= 15 is 0 Å². The van der Waals surface area contributed by atoms with E-state index in [9.17, 15) is 0 Å². The van der Waals surface area contributed by atoms with Crippen LogP contribution in [0.3, 0.4) is 0 Å². The summed E-state index contributed by atoms with van der Waals surface area (Å²) in [6.07, 6.45) is 1.32. The number of hydrogen-bond acceptors (Lipinski definition) is 2. The largest absolute Gasteiger partial charge is 0.317 e. The van der Waals surface area contributed by atoms with Gasteiger partial charge >= 0.3 is 0 Å². The average Bonchev–Trinajstić information content (AvgIpc) is 1.85. The van der Waals surface area contributed by atoms with E-state index in [0.717, 1.165) is 6.54 Å². The Bertz CT molecular complexity index is 117. The van der Waals surface area contributed by atoms with Gasteiger partial charge in [0.25, 0.3) is 0 Å². The molecule has 1 fully saturated rings. The topological polar surface area (TPSA) is 15.3 Å². The van der Waals surface area contributed by atoms with Crippen molar-refractivity contribution in [2.24, 2.45) is 5.41 Å². The van der Waals surface area contributed by atoms with Gasteiger partial charge in [-0.05, 0) is 32.0 Å². The van der Waals surface area contributed by atoms with Crippen LogP contribution in [0.4, 0.5) is 0 Å². The molecule has 66 valence electrons. The maximum absolute atomic E-state index is 3.37. The molecule has 0 amide bonds. The summed E-state index contributed by atoms with van der Waals surface area (Å²) in [5.74, 6) is 0. The van der Waals surface area contributed by atoms with E-state index in [1.807, 2.05) is 0 Å². The van der Waals surface area contributed by atoms with Gasteiger partial charge in [0, 0.05) is 13.1 Å². The lowest BCUT2D eigenvalue weighted by atomic mass is 9.79. The fourth-order valence-electron chi connectivity index (χ4n) is 1.98. The SMILES string of the molecule is CCNCCC1(C)CN(C)C1. The van der Waals surface area contributed by atoms with Crippen LogP contribution in [0.15, 0.2) is 0 Å². The Morgan fingerprint density at radius 3 is 2.55 bits per heavy atom. The first-order chi connectivity index (χ1) is 5.16. The zero-order valence-electron chi connectivity index (χ0n) is 7.98. The fourth-order valence-corrected chi connectivity index (χ4v) is 1.98. The van der Waals surface area contributed by atoms with Crippen molar-refractivity contribution in [1.82, 2.24) is 10.2 Å². The predicted molar refractivity (Wildman–Crippen MR) is 48.8 cm³/mol.